The SMILES string of the molecule is Cc1cc(Oc2coc3cc(OC(=O)C=Cc4cccc([N+](=O)[O-])c4)ccc3c2=O)cc(C)c1Cl. The molecule has 0 fully saturated rings. The van der Waals surface area contributed by atoms with Gasteiger partial charge in [-0.1, -0.05) is 23.7 Å². The highest BCUT2D eigenvalue weighted by atomic mass is 35.5. The zero-order valence-electron chi connectivity index (χ0n) is 18.6. The first kappa shape index (κ1) is 23.7. The molecule has 0 atom stereocenters. The van der Waals surface area contributed by atoms with Crippen molar-refractivity contribution in [1.82, 2.24) is 0 Å². The van der Waals surface area contributed by atoms with E-state index in [0.717, 1.165) is 17.2 Å². The molecule has 0 aliphatic heterocycles. The second-order valence-corrected chi connectivity index (χ2v) is 8.04. The molecule has 1 heterocycles. The number of hydrogen-bond donors (Lipinski definition) is 0. The van der Waals surface area contributed by atoms with Crippen LogP contribution in [0.2, 0.25) is 5.02 Å². The van der Waals surface area contributed by atoms with Crippen LogP contribution < -0.4 is 14.9 Å². The smallest absolute Gasteiger partial charge is 0.336 e. The van der Waals surface area contributed by atoms with Gasteiger partial charge in [0.2, 0.25) is 11.2 Å². The summed E-state index contributed by atoms with van der Waals surface area (Å²) in [6.45, 7) is 3.68. The molecule has 0 aliphatic rings. The number of fused-ring (bicyclic) bond motifs is 1. The maximum Gasteiger partial charge on any atom is 0.336 e. The van der Waals surface area contributed by atoms with Crippen LogP contribution in [0, 0.1) is 24.0 Å². The van der Waals surface area contributed by atoms with Crippen LogP contribution in [-0.2, 0) is 4.79 Å². The molecule has 0 amide bonds. The van der Waals surface area contributed by atoms with Gasteiger partial charge in [-0.05, 0) is 60.9 Å². The van der Waals surface area contributed by atoms with E-state index in [0.29, 0.717) is 16.3 Å². The number of hydrogen-bond acceptors (Lipinski definition) is 7. The molecular weight excluding hydrogens is 474 g/mol. The number of ether oxygens (including phenoxy) is 2. The fourth-order valence-electron chi connectivity index (χ4n) is 3.37. The predicted octanol–water partition coefficient (Wildman–Crippen LogP) is 6.38. The van der Waals surface area contributed by atoms with Crippen LogP contribution in [-0.4, -0.2) is 10.9 Å². The zero-order valence-corrected chi connectivity index (χ0v) is 19.4. The van der Waals surface area contributed by atoms with Crippen LogP contribution in [0.15, 0.2) is 76.1 Å². The van der Waals surface area contributed by atoms with Crippen LogP contribution >= 0.6 is 11.6 Å². The minimum Gasteiger partial charge on any atom is -0.460 e. The van der Waals surface area contributed by atoms with E-state index in [1.54, 1.807) is 18.2 Å². The molecule has 3 aromatic carbocycles. The van der Waals surface area contributed by atoms with Crippen molar-refractivity contribution in [2.45, 2.75) is 13.8 Å². The molecule has 0 bridgehead atoms. The number of nitro benzene ring substituents is 1. The van der Waals surface area contributed by atoms with Gasteiger partial charge in [-0.15, -0.1) is 0 Å². The lowest BCUT2D eigenvalue weighted by molar-refractivity contribution is -0.384. The van der Waals surface area contributed by atoms with Gasteiger partial charge in [0.1, 0.15) is 23.3 Å². The molecule has 4 rings (SSSR count). The van der Waals surface area contributed by atoms with Gasteiger partial charge in [-0.3, -0.25) is 14.9 Å². The van der Waals surface area contributed by atoms with Crippen LogP contribution in [0.4, 0.5) is 5.69 Å². The zero-order chi connectivity index (χ0) is 25.1. The molecule has 0 unspecified atom stereocenters. The van der Waals surface area contributed by atoms with E-state index in [4.69, 9.17) is 25.5 Å². The molecule has 8 nitrogen and oxygen atoms in total. The third kappa shape index (κ3) is 5.39. The number of carbonyl (C=O) groups is 1. The summed E-state index contributed by atoms with van der Waals surface area (Å²) in [4.78, 5) is 35.4. The topological polar surface area (TPSA) is 109 Å². The van der Waals surface area contributed by atoms with E-state index in [2.05, 4.69) is 0 Å². The number of aryl methyl sites for hydroxylation is 2. The van der Waals surface area contributed by atoms with Gasteiger partial charge in [0, 0.05) is 29.3 Å². The number of nitrogens with zero attached hydrogens (tertiary/aromatic N) is 1. The predicted molar refractivity (Wildman–Crippen MR) is 131 cm³/mol. The van der Waals surface area contributed by atoms with Crippen molar-refractivity contribution < 1.29 is 23.6 Å². The van der Waals surface area contributed by atoms with Crippen LogP contribution in [0.3, 0.4) is 0 Å². The Bertz CT molecular complexity index is 1530. The molecule has 35 heavy (non-hydrogen) atoms. The second kappa shape index (κ2) is 9.82. The van der Waals surface area contributed by atoms with E-state index in [1.165, 1.54) is 48.7 Å². The van der Waals surface area contributed by atoms with Gasteiger partial charge in [-0.2, -0.15) is 0 Å². The lowest BCUT2D eigenvalue weighted by Gasteiger charge is -2.09. The molecule has 4 aromatic rings. The summed E-state index contributed by atoms with van der Waals surface area (Å²) < 4.78 is 16.5. The first-order valence-electron chi connectivity index (χ1n) is 10.4. The molecular formula is C26H18ClNO7. The summed E-state index contributed by atoms with van der Waals surface area (Å²) in [6.07, 6.45) is 3.74. The summed E-state index contributed by atoms with van der Waals surface area (Å²) in [6, 6.07) is 13.6. The standard InChI is InChI=1S/C26H18ClNO7/c1-15-10-20(11-16(2)25(15)27)34-23-14-33-22-13-19(7-8-21(22)26(23)30)35-24(29)9-6-17-4-3-5-18(12-17)28(31)32/h3-14H,1-2H3. The maximum absolute atomic E-state index is 12.9. The van der Waals surface area contributed by atoms with E-state index in [1.807, 2.05) is 13.8 Å². The molecule has 9 heteroatoms. The Morgan fingerprint density at radius 3 is 2.51 bits per heavy atom. The quantitative estimate of drug-likeness (QED) is 0.101. The number of halogens is 1. The fourth-order valence-corrected chi connectivity index (χ4v) is 3.48. The number of rotatable bonds is 6. The Kier molecular flexibility index (Phi) is 6.66. The first-order chi connectivity index (χ1) is 16.7. The van der Waals surface area contributed by atoms with Crippen molar-refractivity contribution >= 4 is 40.3 Å². The van der Waals surface area contributed by atoms with E-state index in [-0.39, 0.29) is 33.6 Å². The minimum absolute atomic E-state index is 0.00301. The van der Waals surface area contributed by atoms with Crippen molar-refractivity contribution in [3.8, 4) is 17.2 Å². The molecule has 0 radical (unpaired) electrons. The summed E-state index contributed by atoms with van der Waals surface area (Å²) in [5.41, 5.74) is 1.84. The molecule has 0 saturated heterocycles. The summed E-state index contributed by atoms with van der Waals surface area (Å²) >= 11 is 6.18. The molecule has 0 aliphatic carbocycles. The Morgan fingerprint density at radius 2 is 1.80 bits per heavy atom. The van der Waals surface area contributed by atoms with Crippen molar-refractivity contribution in [3.63, 3.8) is 0 Å². The van der Waals surface area contributed by atoms with E-state index in [9.17, 15) is 19.7 Å². The number of nitro groups is 1. The molecule has 1 aromatic heterocycles. The summed E-state index contributed by atoms with van der Waals surface area (Å²) in [7, 11) is 0. The normalized spacial score (nSPS) is 11.1. The minimum atomic E-state index is -0.702. The highest BCUT2D eigenvalue weighted by molar-refractivity contribution is 6.32. The van der Waals surface area contributed by atoms with E-state index >= 15 is 0 Å². The Morgan fingerprint density at radius 1 is 1.06 bits per heavy atom. The Hall–Kier alpha value is -4.43. The van der Waals surface area contributed by atoms with Crippen molar-refractivity contribution in [2.24, 2.45) is 0 Å². The van der Waals surface area contributed by atoms with Crippen molar-refractivity contribution in [2.75, 3.05) is 0 Å². The van der Waals surface area contributed by atoms with E-state index < -0.39 is 10.9 Å². The van der Waals surface area contributed by atoms with Gasteiger partial charge in [0.05, 0.1) is 10.3 Å². The Balaban J connectivity index is 1.51. The number of benzene rings is 3. The molecule has 0 N–H and O–H groups in total. The van der Waals surface area contributed by atoms with Gasteiger partial charge in [0.25, 0.3) is 5.69 Å². The van der Waals surface area contributed by atoms with Gasteiger partial charge < -0.3 is 13.9 Å². The summed E-state index contributed by atoms with van der Waals surface area (Å²) in [5, 5.41) is 11.7. The Labute approximate surface area is 204 Å². The second-order valence-electron chi connectivity index (χ2n) is 7.67. The largest absolute Gasteiger partial charge is 0.460 e. The van der Waals surface area contributed by atoms with Crippen molar-refractivity contribution in [1.29, 1.82) is 0 Å². The molecule has 0 saturated carbocycles. The number of carbonyl (C=O) groups excluding carboxylic acids is 1. The fraction of sp³-hybridized carbons (Fsp3) is 0.0769. The lowest BCUT2D eigenvalue weighted by Crippen LogP contribution is -2.06. The van der Waals surface area contributed by atoms with Gasteiger partial charge in [0.15, 0.2) is 0 Å². The van der Waals surface area contributed by atoms with Crippen LogP contribution in [0.1, 0.15) is 16.7 Å². The lowest BCUT2D eigenvalue weighted by atomic mass is 10.1. The van der Waals surface area contributed by atoms with Crippen LogP contribution in [0.5, 0.6) is 17.2 Å². The maximum atomic E-state index is 12.9. The van der Waals surface area contributed by atoms with Crippen molar-refractivity contribution in [3.05, 3.63) is 109 Å². The third-order valence-corrected chi connectivity index (χ3v) is 5.66. The van der Waals surface area contributed by atoms with Gasteiger partial charge in [-0.25, -0.2) is 4.79 Å². The average molecular weight is 492 g/mol. The van der Waals surface area contributed by atoms with Gasteiger partial charge >= 0.3 is 5.97 Å². The monoisotopic (exact) mass is 491 g/mol. The third-order valence-electron chi connectivity index (χ3n) is 5.06. The number of non-ortho nitro benzene ring substituents is 1. The molecule has 176 valence electrons. The molecule has 0 spiro atoms. The first-order valence-corrected chi connectivity index (χ1v) is 10.7. The summed E-state index contributed by atoms with van der Waals surface area (Å²) in [5.74, 6) is -0.0843. The highest BCUT2D eigenvalue weighted by Gasteiger charge is 2.13. The average Bonchev–Trinajstić information content (AvgIpc) is 2.83. The van der Waals surface area contributed by atoms with Crippen LogP contribution in [0.25, 0.3) is 17.0 Å². The number of esters is 1. The highest BCUT2D eigenvalue weighted by Crippen LogP contribution is 2.29.